The van der Waals surface area contributed by atoms with Crippen LogP contribution in [0.4, 0.5) is 0 Å². The van der Waals surface area contributed by atoms with Crippen molar-refractivity contribution in [2.75, 3.05) is 0 Å². The van der Waals surface area contributed by atoms with Gasteiger partial charge in [0.1, 0.15) is 10.4 Å². The Morgan fingerprint density at radius 2 is 2.05 bits per heavy atom. The second-order valence-electron chi connectivity index (χ2n) is 5.26. The van der Waals surface area contributed by atoms with Crippen molar-refractivity contribution in [2.45, 2.75) is 56.9 Å². The second kappa shape index (κ2) is 7.00. The van der Waals surface area contributed by atoms with Crippen LogP contribution < -0.4 is 4.72 Å². The van der Waals surface area contributed by atoms with Gasteiger partial charge in [0.25, 0.3) is 0 Å². The molecule has 6 nitrogen and oxygen atoms in total. The fraction of sp³-hybridized carbons (Fsp3) is 0.571. The predicted molar refractivity (Wildman–Crippen MR) is 80.3 cm³/mol. The molecule has 0 bridgehead atoms. The molecule has 0 fully saturated rings. The predicted octanol–water partition coefficient (Wildman–Crippen LogP) is 2.86. The third-order valence-corrected chi connectivity index (χ3v) is 5.01. The molecule has 0 aliphatic heterocycles. The van der Waals surface area contributed by atoms with Gasteiger partial charge in [-0.05, 0) is 35.8 Å². The molecular formula is C14H21N3O3S. The molecule has 0 aliphatic rings. The Bertz CT molecular complexity index is 682. The van der Waals surface area contributed by atoms with E-state index in [0.717, 1.165) is 19.3 Å². The third-order valence-electron chi connectivity index (χ3n) is 3.39. The van der Waals surface area contributed by atoms with Crippen LogP contribution >= 0.6 is 0 Å². The van der Waals surface area contributed by atoms with Crippen molar-refractivity contribution in [3.63, 3.8) is 0 Å². The van der Waals surface area contributed by atoms with E-state index >= 15 is 0 Å². The number of rotatable bonds is 8. The van der Waals surface area contributed by atoms with E-state index in [9.17, 15) is 8.42 Å². The Kier molecular flexibility index (Phi) is 5.30. The van der Waals surface area contributed by atoms with E-state index in [1.807, 2.05) is 6.92 Å². The average Bonchev–Trinajstić information content (AvgIpc) is 2.91. The van der Waals surface area contributed by atoms with Gasteiger partial charge < -0.3 is 0 Å². The number of sulfonamides is 1. The number of aromatic nitrogens is 2. The van der Waals surface area contributed by atoms with Crippen LogP contribution in [0.2, 0.25) is 0 Å². The Balaban J connectivity index is 2.06. The van der Waals surface area contributed by atoms with Crippen molar-refractivity contribution >= 4 is 21.1 Å². The fourth-order valence-corrected chi connectivity index (χ4v) is 3.69. The second-order valence-corrected chi connectivity index (χ2v) is 6.94. The molecule has 2 aromatic rings. The maximum absolute atomic E-state index is 12.4. The molecule has 0 saturated heterocycles. The molecule has 1 aromatic carbocycles. The molecule has 21 heavy (non-hydrogen) atoms. The summed E-state index contributed by atoms with van der Waals surface area (Å²) < 4.78 is 32.1. The number of hydrogen-bond acceptors (Lipinski definition) is 5. The van der Waals surface area contributed by atoms with Gasteiger partial charge in [0.15, 0.2) is 5.52 Å². The van der Waals surface area contributed by atoms with Gasteiger partial charge in [-0.3, -0.25) is 0 Å². The average molecular weight is 311 g/mol. The topological polar surface area (TPSA) is 85.1 Å². The summed E-state index contributed by atoms with van der Waals surface area (Å²) in [6.45, 7) is 4.03. The van der Waals surface area contributed by atoms with Crippen LogP contribution in [-0.4, -0.2) is 24.8 Å². The highest BCUT2D eigenvalue weighted by Crippen LogP contribution is 2.20. The minimum atomic E-state index is -3.61. The lowest BCUT2D eigenvalue weighted by atomic mass is 10.1. The number of nitrogens with zero attached hydrogens (tertiary/aromatic N) is 2. The zero-order valence-corrected chi connectivity index (χ0v) is 13.2. The fourth-order valence-electron chi connectivity index (χ4n) is 2.26. The van der Waals surface area contributed by atoms with Gasteiger partial charge in [-0.15, -0.1) is 0 Å². The summed E-state index contributed by atoms with van der Waals surface area (Å²) >= 11 is 0. The summed E-state index contributed by atoms with van der Waals surface area (Å²) in [5.41, 5.74) is 0.705. The van der Waals surface area contributed by atoms with Crippen LogP contribution in [0.5, 0.6) is 0 Å². The molecule has 0 amide bonds. The van der Waals surface area contributed by atoms with Gasteiger partial charge in [0.2, 0.25) is 10.0 Å². The van der Waals surface area contributed by atoms with Crippen molar-refractivity contribution in [1.82, 2.24) is 15.0 Å². The van der Waals surface area contributed by atoms with Gasteiger partial charge in [-0.25, -0.2) is 17.8 Å². The van der Waals surface area contributed by atoms with Crippen molar-refractivity contribution in [1.29, 1.82) is 0 Å². The van der Waals surface area contributed by atoms with Crippen molar-refractivity contribution in [2.24, 2.45) is 0 Å². The zero-order chi connectivity index (χ0) is 15.3. The normalized spacial score (nSPS) is 13.6. The SMILES string of the molecule is CCCCCCC(C)NS(=O)(=O)c1cccc2nonc12. The molecule has 1 N–H and O–H groups in total. The van der Waals surface area contributed by atoms with E-state index in [1.165, 1.54) is 18.9 Å². The summed E-state index contributed by atoms with van der Waals surface area (Å²) in [6.07, 6.45) is 5.33. The first kappa shape index (κ1) is 15.9. The molecule has 0 spiro atoms. The summed E-state index contributed by atoms with van der Waals surface area (Å²) in [4.78, 5) is 0.113. The molecule has 116 valence electrons. The largest absolute Gasteiger partial charge is 0.243 e. The lowest BCUT2D eigenvalue weighted by Gasteiger charge is -2.14. The smallest absolute Gasteiger partial charge is 0.243 e. The molecule has 7 heteroatoms. The first-order chi connectivity index (χ1) is 10.0. The van der Waals surface area contributed by atoms with Gasteiger partial charge >= 0.3 is 0 Å². The van der Waals surface area contributed by atoms with E-state index in [0.29, 0.717) is 5.52 Å². The van der Waals surface area contributed by atoms with E-state index < -0.39 is 10.0 Å². The highest BCUT2D eigenvalue weighted by molar-refractivity contribution is 7.89. The van der Waals surface area contributed by atoms with Crippen molar-refractivity contribution < 1.29 is 13.0 Å². The highest BCUT2D eigenvalue weighted by Gasteiger charge is 2.22. The first-order valence-corrected chi connectivity index (χ1v) is 8.76. The number of nitrogens with one attached hydrogen (secondary N) is 1. The summed E-state index contributed by atoms with van der Waals surface area (Å²) in [5.74, 6) is 0. The number of unbranched alkanes of at least 4 members (excludes halogenated alkanes) is 3. The van der Waals surface area contributed by atoms with E-state index in [1.54, 1.807) is 12.1 Å². The van der Waals surface area contributed by atoms with Crippen molar-refractivity contribution in [3.8, 4) is 0 Å². The Morgan fingerprint density at radius 3 is 2.81 bits per heavy atom. The van der Waals surface area contributed by atoms with Gasteiger partial charge in [-0.1, -0.05) is 38.7 Å². The molecule has 0 saturated carbocycles. The number of hydrogen-bond donors (Lipinski definition) is 1. The third kappa shape index (κ3) is 4.01. The van der Waals surface area contributed by atoms with Crippen LogP contribution in [-0.2, 0) is 10.0 Å². The molecule has 1 aromatic heterocycles. The molecule has 1 atom stereocenters. The minimum absolute atomic E-state index is 0.109. The zero-order valence-electron chi connectivity index (χ0n) is 12.4. The first-order valence-electron chi connectivity index (χ1n) is 7.28. The molecule has 0 aliphatic carbocycles. The summed E-state index contributed by atoms with van der Waals surface area (Å²) in [6, 6.07) is 4.70. The van der Waals surface area contributed by atoms with Crippen LogP contribution in [0.25, 0.3) is 11.0 Å². The number of benzene rings is 1. The maximum atomic E-state index is 12.4. The lowest BCUT2D eigenvalue weighted by Crippen LogP contribution is -2.32. The maximum Gasteiger partial charge on any atom is 0.243 e. The van der Waals surface area contributed by atoms with E-state index in [4.69, 9.17) is 0 Å². The summed E-state index contributed by atoms with van der Waals surface area (Å²) in [7, 11) is -3.61. The Hall–Kier alpha value is -1.47. The Morgan fingerprint density at radius 1 is 1.24 bits per heavy atom. The van der Waals surface area contributed by atoms with E-state index in [2.05, 4.69) is 26.6 Å². The lowest BCUT2D eigenvalue weighted by molar-refractivity contribution is 0.315. The van der Waals surface area contributed by atoms with Gasteiger partial charge in [0.05, 0.1) is 0 Å². The van der Waals surface area contributed by atoms with Crippen LogP contribution in [0.3, 0.4) is 0 Å². The minimum Gasteiger partial charge on any atom is -0.243 e. The van der Waals surface area contributed by atoms with Gasteiger partial charge in [0, 0.05) is 6.04 Å². The quantitative estimate of drug-likeness (QED) is 0.758. The monoisotopic (exact) mass is 311 g/mol. The van der Waals surface area contributed by atoms with Crippen LogP contribution in [0, 0.1) is 0 Å². The Labute approximate surface area is 124 Å². The molecule has 1 unspecified atom stereocenters. The van der Waals surface area contributed by atoms with Crippen LogP contribution in [0.15, 0.2) is 27.7 Å². The standard InChI is InChI=1S/C14H21N3O3S/c1-3-4-5-6-8-11(2)17-21(18,19)13-10-7-9-12-14(13)16-20-15-12/h7,9-11,17H,3-6,8H2,1-2H3. The van der Waals surface area contributed by atoms with Crippen LogP contribution in [0.1, 0.15) is 46.0 Å². The van der Waals surface area contributed by atoms with Gasteiger partial charge in [-0.2, -0.15) is 0 Å². The molecule has 1 heterocycles. The molecule has 2 rings (SSSR count). The highest BCUT2D eigenvalue weighted by atomic mass is 32.2. The summed E-state index contributed by atoms with van der Waals surface area (Å²) in [5, 5.41) is 7.34. The van der Waals surface area contributed by atoms with E-state index in [-0.39, 0.29) is 16.5 Å². The molecule has 0 radical (unpaired) electrons. The molecular weight excluding hydrogens is 290 g/mol. The number of fused-ring (bicyclic) bond motifs is 1. The van der Waals surface area contributed by atoms with Crippen molar-refractivity contribution in [3.05, 3.63) is 18.2 Å².